The zero-order chi connectivity index (χ0) is 20.1. The molecule has 1 fully saturated rings. The maximum absolute atomic E-state index is 12.6. The molecular formula is C20H25N3O4S. The third-order valence-electron chi connectivity index (χ3n) is 4.91. The number of esters is 1. The quantitative estimate of drug-likeness (QED) is 0.447. The number of nitrogens with zero attached hydrogens (tertiary/aromatic N) is 2. The fourth-order valence-corrected chi connectivity index (χ4v) is 3.94. The predicted octanol–water partition coefficient (Wildman–Crippen LogP) is 3.62. The SMILES string of the molecule is CSc1nc(-c2ccco2)nc(C)c1C(=O)OCC(=O)NC1CCC(C)CC1. The number of hydrogen-bond acceptors (Lipinski definition) is 7. The second-order valence-electron chi connectivity index (χ2n) is 7.09. The Bertz CT molecular complexity index is 830. The molecular weight excluding hydrogens is 378 g/mol. The first-order valence-electron chi connectivity index (χ1n) is 9.41. The molecule has 0 saturated heterocycles. The molecule has 1 aliphatic rings. The van der Waals surface area contributed by atoms with Crippen molar-refractivity contribution in [1.29, 1.82) is 0 Å². The van der Waals surface area contributed by atoms with Gasteiger partial charge in [-0.3, -0.25) is 4.79 Å². The van der Waals surface area contributed by atoms with Crippen molar-refractivity contribution in [2.75, 3.05) is 12.9 Å². The number of aromatic nitrogens is 2. The van der Waals surface area contributed by atoms with E-state index in [4.69, 9.17) is 9.15 Å². The van der Waals surface area contributed by atoms with Gasteiger partial charge in [-0.25, -0.2) is 14.8 Å². The first-order valence-corrected chi connectivity index (χ1v) is 10.6. The van der Waals surface area contributed by atoms with Gasteiger partial charge in [0.1, 0.15) is 10.6 Å². The van der Waals surface area contributed by atoms with Gasteiger partial charge in [0.15, 0.2) is 18.2 Å². The van der Waals surface area contributed by atoms with E-state index in [-0.39, 0.29) is 24.1 Å². The monoisotopic (exact) mass is 403 g/mol. The van der Waals surface area contributed by atoms with Crippen molar-refractivity contribution < 1.29 is 18.7 Å². The summed E-state index contributed by atoms with van der Waals surface area (Å²) in [4.78, 5) is 33.5. The lowest BCUT2D eigenvalue weighted by molar-refractivity contribution is -0.125. The maximum Gasteiger partial charge on any atom is 0.343 e. The van der Waals surface area contributed by atoms with E-state index in [0.29, 0.717) is 28.2 Å². The molecule has 8 heteroatoms. The van der Waals surface area contributed by atoms with E-state index in [9.17, 15) is 9.59 Å². The maximum atomic E-state index is 12.6. The van der Waals surface area contributed by atoms with Crippen LogP contribution in [-0.2, 0) is 9.53 Å². The number of amides is 1. The van der Waals surface area contributed by atoms with Gasteiger partial charge in [-0.05, 0) is 56.9 Å². The molecule has 2 heterocycles. The van der Waals surface area contributed by atoms with Crippen LogP contribution in [0.25, 0.3) is 11.6 Å². The van der Waals surface area contributed by atoms with Crippen molar-refractivity contribution >= 4 is 23.6 Å². The average molecular weight is 404 g/mol. The van der Waals surface area contributed by atoms with Crippen LogP contribution in [0, 0.1) is 12.8 Å². The molecule has 2 aromatic heterocycles. The minimum absolute atomic E-state index is 0.168. The molecule has 0 radical (unpaired) electrons. The lowest BCUT2D eigenvalue weighted by Crippen LogP contribution is -2.39. The molecule has 1 saturated carbocycles. The highest BCUT2D eigenvalue weighted by molar-refractivity contribution is 7.98. The Balaban J connectivity index is 1.63. The van der Waals surface area contributed by atoms with Gasteiger partial charge in [-0.2, -0.15) is 0 Å². The molecule has 0 bridgehead atoms. The summed E-state index contributed by atoms with van der Waals surface area (Å²) in [5, 5.41) is 3.44. The molecule has 1 N–H and O–H groups in total. The van der Waals surface area contributed by atoms with E-state index in [1.807, 2.05) is 6.26 Å². The normalized spacial score (nSPS) is 19.2. The molecule has 3 rings (SSSR count). The molecule has 28 heavy (non-hydrogen) atoms. The van der Waals surface area contributed by atoms with E-state index < -0.39 is 5.97 Å². The molecule has 0 aliphatic heterocycles. The summed E-state index contributed by atoms with van der Waals surface area (Å²) in [5.74, 6) is 0.778. The fourth-order valence-electron chi connectivity index (χ4n) is 3.32. The van der Waals surface area contributed by atoms with Gasteiger partial charge in [0.2, 0.25) is 0 Å². The van der Waals surface area contributed by atoms with Crippen LogP contribution < -0.4 is 5.32 Å². The van der Waals surface area contributed by atoms with E-state index in [1.54, 1.807) is 25.3 Å². The number of carbonyl (C=O) groups is 2. The summed E-state index contributed by atoms with van der Waals surface area (Å²) in [7, 11) is 0. The van der Waals surface area contributed by atoms with Gasteiger partial charge in [0.25, 0.3) is 5.91 Å². The van der Waals surface area contributed by atoms with E-state index in [1.165, 1.54) is 11.8 Å². The number of rotatable bonds is 6. The van der Waals surface area contributed by atoms with Gasteiger partial charge in [0, 0.05) is 6.04 Å². The largest absolute Gasteiger partial charge is 0.461 e. The molecule has 1 amide bonds. The first-order chi connectivity index (χ1) is 13.5. The summed E-state index contributed by atoms with van der Waals surface area (Å²) in [6.07, 6.45) is 7.53. The highest BCUT2D eigenvalue weighted by Crippen LogP contribution is 2.26. The molecule has 0 aromatic carbocycles. The Morgan fingerprint density at radius 1 is 1.29 bits per heavy atom. The average Bonchev–Trinajstić information content (AvgIpc) is 3.22. The van der Waals surface area contributed by atoms with Gasteiger partial charge < -0.3 is 14.5 Å². The Hall–Kier alpha value is -2.35. The van der Waals surface area contributed by atoms with Crippen LogP contribution >= 0.6 is 11.8 Å². The smallest absolute Gasteiger partial charge is 0.343 e. The van der Waals surface area contributed by atoms with Crippen molar-refractivity contribution in [3.63, 3.8) is 0 Å². The Kier molecular flexibility index (Phi) is 6.72. The number of furan rings is 1. The zero-order valence-electron chi connectivity index (χ0n) is 16.4. The Morgan fingerprint density at radius 3 is 2.68 bits per heavy atom. The van der Waals surface area contributed by atoms with Crippen LogP contribution in [-0.4, -0.2) is 40.7 Å². The first kappa shape index (κ1) is 20.4. The topological polar surface area (TPSA) is 94.3 Å². The molecule has 7 nitrogen and oxygen atoms in total. The van der Waals surface area contributed by atoms with E-state index >= 15 is 0 Å². The van der Waals surface area contributed by atoms with Crippen LogP contribution in [0.4, 0.5) is 0 Å². The molecule has 0 spiro atoms. The molecule has 150 valence electrons. The van der Waals surface area contributed by atoms with Crippen molar-refractivity contribution in [1.82, 2.24) is 15.3 Å². The zero-order valence-corrected chi connectivity index (χ0v) is 17.2. The van der Waals surface area contributed by atoms with Crippen molar-refractivity contribution in [2.24, 2.45) is 5.92 Å². The Labute approximate surface area is 168 Å². The fraction of sp³-hybridized carbons (Fsp3) is 0.500. The van der Waals surface area contributed by atoms with Gasteiger partial charge >= 0.3 is 5.97 Å². The number of ether oxygens (including phenoxy) is 1. The minimum Gasteiger partial charge on any atom is -0.461 e. The van der Waals surface area contributed by atoms with Crippen LogP contribution in [0.5, 0.6) is 0 Å². The second-order valence-corrected chi connectivity index (χ2v) is 7.89. The van der Waals surface area contributed by atoms with Crippen molar-refractivity contribution in [3.8, 4) is 11.6 Å². The van der Waals surface area contributed by atoms with Crippen LogP contribution in [0.2, 0.25) is 0 Å². The van der Waals surface area contributed by atoms with Crippen molar-refractivity contribution in [3.05, 3.63) is 29.7 Å². The summed E-state index contributed by atoms with van der Waals surface area (Å²) in [6, 6.07) is 3.68. The van der Waals surface area contributed by atoms with Gasteiger partial charge in [-0.1, -0.05) is 6.92 Å². The molecule has 0 atom stereocenters. The second kappa shape index (κ2) is 9.23. The van der Waals surface area contributed by atoms with Crippen LogP contribution in [0.1, 0.15) is 48.7 Å². The number of thioether (sulfide) groups is 1. The predicted molar refractivity (Wildman–Crippen MR) is 106 cm³/mol. The molecule has 0 unspecified atom stereocenters. The Morgan fingerprint density at radius 2 is 2.04 bits per heavy atom. The number of aryl methyl sites for hydroxylation is 1. The van der Waals surface area contributed by atoms with E-state index in [0.717, 1.165) is 25.7 Å². The highest BCUT2D eigenvalue weighted by Gasteiger charge is 2.23. The summed E-state index contributed by atoms with van der Waals surface area (Å²) < 4.78 is 10.6. The number of hydrogen-bond donors (Lipinski definition) is 1. The van der Waals surface area contributed by atoms with Crippen LogP contribution in [0.3, 0.4) is 0 Å². The van der Waals surface area contributed by atoms with Crippen LogP contribution in [0.15, 0.2) is 27.8 Å². The van der Waals surface area contributed by atoms with E-state index in [2.05, 4.69) is 22.2 Å². The third-order valence-corrected chi connectivity index (χ3v) is 5.59. The summed E-state index contributed by atoms with van der Waals surface area (Å²) in [6.45, 7) is 3.64. The lowest BCUT2D eigenvalue weighted by atomic mass is 9.87. The van der Waals surface area contributed by atoms with Gasteiger partial charge in [-0.15, -0.1) is 11.8 Å². The van der Waals surface area contributed by atoms with Gasteiger partial charge in [0.05, 0.1) is 12.0 Å². The lowest BCUT2D eigenvalue weighted by Gasteiger charge is -2.26. The third kappa shape index (κ3) is 4.92. The minimum atomic E-state index is -0.597. The molecule has 2 aromatic rings. The molecule has 1 aliphatic carbocycles. The summed E-state index contributed by atoms with van der Waals surface area (Å²) in [5.41, 5.74) is 0.763. The van der Waals surface area contributed by atoms with Crippen molar-refractivity contribution in [2.45, 2.75) is 50.6 Å². The number of carbonyl (C=O) groups excluding carboxylic acids is 2. The number of nitrogens with one attached hydrogen (secondary N) is 1. The highest BCUT2D eigenvalue weighted by atomic mass is 32.2. The standard InChI is InChI=1S/C20H25N3O4S/c1-12-6-8-14(9-7-12)22-16(24)11-27-20(25)17-13(2)21-18(23-19(17)28-3)15-5-4-10-26-15/h4-5,10,12,14H,6-9,11H2,1-3H3,(H,22,24). The summed E-state index contributed by atoms with van der Waals surface area (Å²) >= 11 is 1.32.